The molecule has 0 aliphatic heterocycles. The molecule has 0 aliphatic rings. The van der Waals surface area contributed by atoms with Crippen LogP contribution in [0.2, 0.25) is 0 Å². The molecule has 16 heavy (non-hydrogen) atoms. The number of pyridine rings is 1. The molecule has 1 N–H and O–H groups in total. The molecule has 0 aliphatic carbocycles. The Kier molecular flexibility index (Phi) is 4.17. The molecule has 7 heteroatoms. The fraction of sp³-hybridized carbons (Fsp3) is 0.333. The van der Waals surface area contributed by atoms with Crippen LogP contribution >= 0.6 is 15.9 Å². The van der Waals surface area contributed by atoms with Gasteiger partial charge in [-0.2, -0.15) is 0 Å². The first-order valence-corrected chi connectivity index (χ1v) is 4.98. The number of carboxylic acids is 1. The second-order valence-corrected chi connectivity index (χ2v) is 3.66. The van der Waals surface area contributed by atoms with Crippen molar-refractivity contribution in [3.63, 3.8) is 0 Å². The van der Waals surface area contributed by atoms with Gasteiger partial charge in [0, 0.05) is 0 Å². The lowest BCUT2D eigenvalue weighted by molar-refractivity contribution is -0.136. The lowest BCUT2D eigenvalue weighted by Crippen LogP contribution is -2.05. The molecule has 1 heterocycles. The molecule has 88 valence electrons. The van der Waals surface area contributed by atoms with Crippen LogP contribution < -0.4 is 4.74 Å². The van der Waals surface area contributed by atoms with Gasteiger partial charge < -0.3 is 9.84 Å². The zero-order chi connectivity index (χ0) is 12.3. The first kappa shape index (κ1) is 12.8. The molecule has 0 fully saturated rings. The summed E-state index contributed by atoms with van der Waals surface area (Å²) in [6.45, 7) is 0. The molecular formula is C9H8BrF2NO3. The lowest BCUT2D eigenvalue weighted by Gasteiger charge is -2.09. The monoisotopic (exact) mass is 295 g/mol. The van der Waals surface area contributed by atoms with Gasteiger partial charge in [-0.25, -0.2) is 13.8 Å². The number of alkyl halides is 2. The van der Waals surface area contributed by atoms with Crippen LogP contribution in [0.15, 0.2) is 10.7 Å². The Balaban J connectivity index is 3.21. The fourth-order valence-corrected chi connectivity index (χ4v) is 1.56. The SMILES string of the molecule is COc1nc(Br)c(CC(=O)O)cc1C(F)F. The number of aliphatic carboxylic acids is 1. The van der Waals surface area contributed by atoms with Crippen molar-refractivity contribution in [2.45, 2.75) is 12.8 Å². The number of carbonyl (C=O) groups is 1. The molecule has 0 saturated carbocycles. The number of rotatable bonds is 4. The van der Waals surface area contributed by atoms with E-state index in [1.165, 1.54) is 7.11 Å². The highest BCUT2D eigenvalue weighted by Gasteiger charge is 2.19. The second kappa shape index (κ2) is 5.20. The van der Waals surface area contributed by atoms with Gasteiger partial charge in [0.1, 0.15) is 4.60 Å². The first-order valence-electron chi connectivity index (χ1n) is 4.19. The van der Waals surface area contributed by atoms with Crippen molar-refractivity contribution in [1.82, 2.24) is 4.98 Å². The summed E-state index contributed by atoms with van der Waals surface area (Å²) >= 11 is 3.00. The molecule has 1 aromatic heterocycles. The van der Waals surface area contributed by atoms with Crippen molar-refractivity contribution in [2.75, 3.05) is 7.11 Å². The van der Waals surface area contributed by atoms with Crippen molar-refractivity contribution in [1.29, 1.82) is 0 Å². The van der Waals surface area contributed by atoms with E-state index in [9.17, 15) is 13.6 Å². The minimum Gasteiger partial charge on any atom is -0.481 e. The summed E-state index contributed by atoms with van der Waals surface area (Å²) in [5, 5.41) is 8.58. The molecule has 0 unspecified atom stereocenters. The highest BCUT2D eigenvalue weighted by atomic mass is 79.9. The molecule has 4 nitrogen and oxygen atoms in total. The standard InChI is InChI=1S/C9H8BrF2NO3/c1-16-9-5(8(11)12)2-4(3-6(14)15)7(10)13-9/h2,8H,3H2,1H3,(H,14,15). The molecule has 0 amide bonds. The van der Waals surface area contributed by atoms with Gasteiger partial charge in [-0.05, 0) is 27.6 Å². The summed E-state index contributed by atoms with van der Waals surface area (Å²) < 4.78 is 30.0. The second-order valence-electron chi connectivity index (χ2n) is 2.91. The maximum Gasteiger partial charge on any atom is 0.307 e. The number of nitrogens with zero attached hydrogens (tertiary/aromatic N) is 1. The Labute approximate surface area is 98.4 Å². The van der Waals surface area contributed by atoms with E-state index in [0.29, 0.717) is 0 Å². The molecule has 1 rings (SSSR count). The molecule has 0 radical (unpaired) electrons. The highest BCUT2D eigenvalue weighted by molar-refractivity contribution is 9.10. The van der Waals surface area contributed by atoms with Gasteiger partial charge in [-0.1, -0.05) is 0 Å². The third-order valence-corrected chi connectivity index (χ3v) is 2.50. The van der Waals surface area contributed by atoms with E-state index in [4.69, 9.17) is 5.11 Å². The van der Waals surface area contributed by atoms with Crippen molar-refractivity contribution in [3.8, 4) is 5.88 Å². The predicted molar refractivity (Wildman–Crippen MR) is 54.8 cm³/mol. The number of hydrogen-bond acceptors (Lipinski definition) is 3. The fourth-order valence-electron chi connectivity index (χ4n) is 1.14. The molecule has 0 atom stereocenters. The van der Waals surface area contributed by atoms with Gasteiger partial charge in [0.25, 0.3) is 6.43 Å². The van der Waals surface area contributed by atoms with E-state index in [1.807, 2.05) is 0 Å². The van der Waals surface area contributed by atoms with Crippen LogP contribution in [-0.2, 0) is 11.2 Å². The Hall–Kier alpha value is -1.24. The maximum atomic E-state index is 12.6. The topological polar surface area (TPSA) is 59.4 Å². The smallest absolute Gasteiger partial charge is 0.307 e. The summed E-state index contributed by atoms with van der Waals surface area (Å²) in [4.78, 5) is 14.2. The van der Waals surface area contributed by atoms with Gasteiger partial charge in [0.2, 0.25) is 5.88 Å². The molecule has 0 spiro atoms. The highest BCUT2D eigenvalue weighted by Crippen LogP contribution is 2.31. The van der Waals surface area contributed by atoms with E-state index in [-0.39, 0.29) is 22.5 Å². The Bertz CT molecular complexity index is 412. The molecule has 1 aromatic rings. The van der Waals surface area contributed by atoms with E-state index in [1.54, 1.807) is 0 Å². The van der Waals surface area contributed by atoms with Crippen LogP contribution in [0.1, 0.15) is 17.6 Å². The summed E-state index contributed by atoms with van der Waals surface area (Å²) in [5.41, 5.74) is -0.231. The van der Waals surface area contributed by atoms with Crippen LogP contribution in [0.5, 0.6) is 5.88 Å². The molecular weight excluding hydrogens is 288 g/mol. The number of carboxylic acid groups (broad SMARTS) is 1. The summed E-state index contributed by atoms with van der Waals surface area (Å²) in [6, 6.07) is 1.08. The van der Waals surface area contributed by atoms with Gasteiger partial charge in [-0.3, -0.25) is 4.79 Å². The third-order valence-electron chi connectivity index (χ3n) is 1.81. The Morgan fingerprint density at radius 3 is 2.75 bits per heavy atom. The van der Waals surface area contributed by atoms with Gasteiger partial charge in [0.15, 0.2) is 0 Å². The average molecular weight is 296 g/mol. The van der Waals surface area contributed by atoms with Crippen LogP contribution in [0.4, 0.5) is 8.78 Å². The van der Waals surface area contributed by atoms with Crippen molar-refractivity contribution in [2.24, 2.45) is 0 Å². The predicted octanol–water partition coefficient (Wildman–Crippen LogP) is 2.42. The minimum atomic E-state index is -2.76. The summed E-state index contributed by atoms with van der Waals surface area (Å²) in [6.07, 6.45) is -3.14. The van der Waals surface area contributed by atoms with Crippen LogP contribution in [0.25, 0.3) is 0 Å². The van der Waals surface area contributed by atoms with Crippen LogP contribution in [0.3, 0.4) is 0 Å². The minimum absolute atomic E-state index is 0.184. The zero-order valence-corrected chi connectivity index (χ0v) is 9.79. The van der Waals surface area contributed by atoms with Gasteiger partial charge >= 0.3 is 5.97 Å². The lowest BCUT2D eigenvalue weighted by atomic mass is 10.1. The average Bonchev–Trinajstić information content (AvgIpc) is 2.19. The van der Waals surface area contributed by atoms with Gasteiger partial charge in [-0.15, -0.1) is 0 Å². The van der Waals surface area contributed by atoms with E-state index >= 15 is 0 Å². The zero-order valence-electron chi connectivity index (χ0n) is 8.21. The van der Waals surface area contributed by atoms with E-state index in [2.05, 4.69) is 25.7 Å². The summed E-state index contributed by atoms with van der Waals surface area (Å²) in [7, 11) is 1.22. The number of halogens is 3. The van der Waals surface area contributed by atoms with Crippen molar-refractivity contribution >= 4 is 21.9 Å². The van der Waals surface area contributed by atoms with Gasteiger partial charge in [0.05, 0.1) is 19.1 Å². The largest absolute Gasteiger partial charge is 0.481 e. The quantitative estimate of drug-likeness (QED) is 0.867. The van der Waals surface area contributed by atoms with E-state index in [0.717, 1.165) is 6.07 Å². The molecule has 0 saturated heterocycles. The number of ether oxygens (including phenoxy) is 1. The first-order chi connectivity index (χ1) is 7.45. The molecule has 0 aromatic carbocycles. The maximum absolute atomic E-state index is 12.6. The summed E-state index contributed by atoms with van der Waals surface area (Å²) in [5.74, 6) is -1.33. The van der Waals surface area contributed by atoms with Crippen molar-refractivity contribution in [3.05, 3.63) is 21.8 Å². The third kappa shape index (κ3) is 2.88. The number of aromatic nitrogens is 1. The Morgan fingerprint density at radius 2 is 2.31 bits per heavy atom. The normalized spacial score (nSPS) is 10.6. The van der Waals surface area contributed by atoms with Crippen LogP contribution in [0, 0.1) is 0 Å². The Morgan fingerprint density at radius 1 is 1.69 bits per heavy atom. The molecule has 0 bridgehead atoms. The number of hydrogen-bond donors (Lipinski definition) is 1. The van der Waals surface area contributed by atoms with Crippen LogP contribution in [-0.4, -0.2) is 23.2 Å². The van der Waals surface area contributed by atoms with E-state index < -0.39 is 18.0 Å². The number of methoxy groups -OCH3 is 1. The van der Waals surface area contributed by atoms with Crippen molar-refractivity contribution < 1.29 is 23.4 Å².